The third-order valence-electron chi connectivity index (χ3n) is 4.43. The van der Waals surface area contributed by atoms with Crippen LogP contribution in [0, 0.1) is 6.92 Å². The summed E-state index contributed by atoms with van der Waals surface area (Å²) < 4.78 is 1.23. The Hall–Kier alpha value is -3.00. The van der Waals surface area contributed by atoms with Gasteiger partial charge in [0, 0.05) is 10.9 Å². The van der Waals surface area contributed by atoms with Gasteiger partial charge in [-0.2, -0.15) is 0 Å². The van der Waals surface area contributed by atoms with Crippen LogP contribution < -0.4 is 16.2 Å². The van der Waals surface area contributed by atoms with Gasteiger partial charge >= 0.3 is 6.03 Å². The van der Waals surface area contributed by atoms with Crippen molar-refractivity contribution in [2.45, 2.75) is 32.4 Å². The summed E-state index contributed by atoms with van der Waals surface area (Å²) in [6, 6.07) is 9.44. The molecule has 3 amide bonds. The maximum atomic E-state index is 12.9. The van der Waals surface area contributed by atoms with E-state index in [1.807, 2.05) is 37.3 Å². The fourth-order valence-corrected chi connectivity index (χ4v) is 4.05. The number of amides is 3. The zero-order valence-electron chi connectivity index (χ0n) is 14.7. The van der Waals surface area contributed by atoms with E-state index in [0.29, 0.717) is 10.2 Å². The Balaban J connectivity index is 1.60. The number of urea groups is 1. The smallest absolute Gasteiger partial charge is 0.321 e. The van der Waals surface area contributed by atoms with Gasteiger partial charge in [0.25, 0.3) is 5.56 Å². The van der Waals surface area contributed by atoms with Gasteiger partial charge in [-0.05, 0) is 30.9 Å². The van der Waals surface area contributed by atoms with Crippen molar-refractivity contribution in [2.24, 2.45) is 0 Å². The number of benzene rings is 1. The third-order valence-corrected chi connectivity index (χ3v) is 5.68. The van der Waals surface area contributed by atoms with Crippen LogP contribution in [0.4, 0.5) is 4.79 Å². The first-order chi connectivity index (χ1) is 13.0. The van der Waals surface area contributed by atoms with Crippen molar-refractivity contribution < 1.29 is 9.59 Å². The maximum absolute atomic E-state index is 12.9. The molecule has 138 valence electrons. The molecule has 1 aliphatic carbocycles. The highest BCUT2D eigenvalue weighted by Gasteiger charge is 2.24. The maximum Gasteiger partial charge on any atom is 0.321 e. The van der Waals surface area contributed by atoms with Gasteiger partial charge in [0.05, 0.1) is 11.7 Å². The number of rotatable bonds is 4. The number of hydrogen-bond donors (Lipinski definition) is 2. The topological polar surface area (TPSA) is 93.1 Å². The highest BCUT2D eigenvalue weighted by atomic mass is 32.1. The molecule has 0 radical (unpaired) electrons. The molecule has 0 saturated heterocycles. The van der Waals surface area contributed by atoms with Crippen LogP contribution in [0.25, 0.3) is 20.7 Å². The molecule has 2 N–H and O–H groups in total. The summed E-state index contributed by atoms with van der Waals surface area (Å²) in [6.45, 7) is 1.63. The average Bonchev–Trinajstić information content (AvgIpc) is 3.39. The standard InChI is InChI=1S/C19H18N4O3S/c1-11-15-17(27-16(11)12-5-3-2-4-6-12)20-10-23(18(15)25)9-14(24)22-19(26)21-13-7-8-13/h2-6,10,13H,7-9H2,1H3,(H2,21,22,24,26). The van der Waals surface area contributed by atoms with Crippen molar-refractivity contribution in [3.05, 3.63) is 52.6 Å². The molecular weight excluding hydrogens is 364 g/mol. The van der Waals surface area contributed by atoms with Gasteiger partial charge in [-0.3, -0.25) is 19.5 Å². The van der Waals surface area contributed by atoms with Crippen molar-refractivity contribution in [1.82, 2.24) is 20.2 Å². The molecule has 0 unspecified atom stereocenters. The predicted molar refractivity (Wildman–Crippen MR) is 104 cm³/mol. The zero-order chi connectivity index (χ0) is 19.0. The van der Waals surface area contributed by atoms with Crippen LogP contribution in [0.2, 0.25) is 0 Å². The Kier molecular flexibility index (Phi) is 4.49. The van der Waals surface area contributed by atoms with E-state index in [1.54, 1.807) is 0 Å². The highest BCUT2D eigenvalue weighted by Crippen LogP contribution is 2.35. The molecule has 27 heavy (non-hydrogen) atoms. The van der Waals surface area contributed by atoms with E-state index in [1.165, 1.54) is 22.2 Å². The molecule has 3 aromatic rings. The van der Waals surface area contributed by atoms with Crippen LogP contribution in [0.1, 0.15) is 18.4 Å². The van der Waals surface area contributed by atoms with Crippen LogP contribution >= 0.6 is 11.3 Å². The van der Waals surface area contributed by atoms with Crippen molar-refractivity contribution in [3.8, 4) is 10.4 Å². The Morgan fingerprint density at radius 1 is 1.26 bits per heavy atom. The van der Waals surface area contributed by atoms with Gasteiger partial charge in [0.2, 0.25) is 5.91 Å². The minimum Gasteiger partial charge on any atom is -0.335 e. The quantitative estimate of drug-likeness (QED) is 0.725. The van der Waals surface area contributed by atoms with Crippen LogP contribution in [0.5, 0.6) is 0 Å². The van der Waals surface area contributed by atoms with Crippen molar-refractivity contribution in [1.29, 1.82) is 0 Å². The molecule has 8 heteroatoms. The fourth-order valence-electron chi connectivity index (χ4n) is 2.91. The second-order valence-electron chi connectivity index (χ2n) is 6.58. The number of aryl methyl sites for hydroxylation is 1. The first-order valence-corrected chi connectivity index (χ1v) is 9.49. The third kappa shape index (κ3) is 3.61. The lowest BCUT2D eigenvalue weighted by molar-refractivity contribution is -0.120. The van der Waals surface area contributed by atoms with Crippen molar-refractivity contribution in [2.75, 3.05) is 0 Å². The molecule has 0 spiro atoms. The van der Waals surface area contributed by atoms with Gasteiger partial charge in [0.15, 0.2) is 0 Å². The monoisotopic (exact) mass is 382 g/mol. The summed E-state index contributed by atoms with van der Waals surface area (Å²) in [6.07, 6.45) is 3.22. The summed E-state index contributed by atoms with van der Waals surface area (Å²) in [5.74, 6) is -0.549. The molecule has 0 bridgehead atoms. The second kappa shape index (κ2) is 6.96. The van der Waals surface area contributed by atoms with E-state index in [4.69, 9.17) is 0 Å². The summed E-state index contributed by atoms with van der Waals surface area (Å²) in [7, 11) is 0. The highest BCUT2D eigenvalue weighted by molar-refractivity contribution is 7.22. The molecule has 0 aliphatic heterocycles. The number of carbonyl (C=O) groups excluding carboxylic acids is 2. The number of imide groups is 1. The van der Waals surface area contributed by atoms with Gasteiger partial charge in [-0.15, -0.1) is 11.3 Å². The summed E-state index contributed by atoms with van der Waals surface area (Å²) >= 11 is 1.45. The number of nitrogens with one attached hydrogen (secondary N) is 2. The van der Waals surface area contributed by atoms with Gasteiger partial charge < -0.3 is 5.32 Å². The van der Waals surface area contributed by atoms with Gasteiger partial charge in [0.1, 0.15) is 11.4 Å². The molecule has 1 saturated carbocycles. The van der Waals surface area contributed by atoms with E-state index in [2.05, 4.69) is 15.6 Å². The molecule has 1 aliphatic rings. The number of hydrogen-bond acceptors (Lipinski definition) is 5. The van der Waals surface area contributed by atoms with Crippen molar-refractivity contribution in [3.63, 3.8) is 0 Å². The molecule has 1 aromatic carbocycles. The average molecular weight is 382 g/mol. The van der Waals surface area contributed by atoms with E-state index in [0.717, 1.165) is 28.8 Å². The second-order valence-corrected chi connectivity index (χ2v) is 7.57. The molecule has 0 atom stereocenters. The number of carbonyl (C=O) groups is 2. The van der Waals surface area contributed by atoms with E-state index in [-0.39, 0.29) is 18.1 Å². The van der Waals surface area contributed by atoms with Crippen LogP contribution in [-0.4, -0.2) is 27.5 Å². The Bertz CT molecular complexity index is 1080. The Labute approximate surface area is 159 Å². The van der Waals surface area contributed by atoms with Crippen LogP contribution in [0.15, 0.2) is 41.5 Å². The molecule has 4 rings (SSSR count). The zero-order valence-corrected chi connectivity index (χ0v) is 15.5. The fraction of sp³-hybridized carbons (Fsp3) is 0.263. The van der Waals surface area contributed by atoms with E-state index in [9.17, 15) is 14.4 Å². The Morgan fingerprint density at radius 2 is 2.00 bits per heavy atom. The molecule has 2 heterocycles. The Morgan fingerprint density at radius 3 is 2.70 bits per heavy atom. The first-order valence-electron chi connectivity index (χ1n) is 8.67. The molecular formula is C19H18N4O3S. The molecule has 1 fully saturated rings. The lowest BCUT2D eigenvalue weighted by Crippen LogP contribution is -2.42. The number of nitrogens with zero attached hydrogens (tertiary/aromatic N) is 2. The molecule has 7 nitrogen and oxygen atoms in total. The lowest BCUT2D eigenvalue weighted by Gasteiger charge is -2.07. The van der Waals surface area contributed by atoms with E-state index < -0.39 is 11.9 Å². The number of thiophene rings is 1. The first kappa shape index (κ1) is 17.4. The van der Waals surface area contributed by atoms with E-state index >= 15 is 0 Å². The minimum absolute atomic E-state index is 0.156. The largest absolute Gasteiger partial charge is 0.335 e. The normalized spacial score (nSPS) is 13.5. The van der Waals surface area contributed by atoms with Gasteiger partial charge in [-0.25, -0.2) is 9.78 Å². The summed E-state index contributed by atoms with van der Waals surface area (Å²) in [5, 5.41) is 5.43. The lowest BCUT2D eigenvalue weighted by atomic mass is 10.1. The summed E-state index contributed by atoms with van der Waals surface area (Å²) in [4.78, 5) is 42.5. The van der Waals surface area contributed by atoms with Gasteiger partial charge in [-0.1, -0.05) is 30.3 Å². The van der Waals surface area contributed by atoms with Crippen LogP contribution in [0.3, 0.4) is 0 Å². The molecule has 2 aromatic heterocycles. The summed E-state index contributed by atoms with van der Waals surface area (Å²) in [5.41, 5.74) is 1.59. The number of fused-ring (bicyclic) bond motifs is 1. The minimum atomic E-state index is -0.549. The van der Waals surface area contributed by atoms with Crippen LogP contribution in [-0.2, 0) is 11.3 Å². The predicted octanol–water partition coefficient (Wildman–Crippen LogP) is 2.42. The number of aromatic nitrogens is 2. The van der Waals surface area contributed by atoms with Crippen molar-refractivity contribution >= 4 is 33.5 Å². The SMILES string of the molecule is Cc1c(-c2ccccc2)sc2ncn(CC(=O)NC(=O)NC3CC3)c(=O)c12.